The van der Waals surface area contributed by atoms with Gasteiger partial charge in [0.05, 0.1) is 0 Å². The highest BCUT2D eigenvalue weighted by molar-refractivity contribution is 7.13. The molecule has 1 heterocycles. The summed E-state index contributed by atoms with van der Waals surface area (Å²) in [5.41, 5.74) is 4.95. The molecule has 2 aliphatic carbocycles. The van der Waals surface area contributed by atoms with E-state index < -0.39 is 0 Å². The third-order valence-electron chi connectivity index (χ3n) is 5.48. The Labute approximate surface area is 190 Å². The van der Waals surface area contributed by atoms with Crippen LogP contribution in [0.3, 0.4) is 0 Å². The van der Waals surface area contributed by atoms with Gasteiger partial charge in [0, 0.05) is 20.9 Å². The first-order valence-electron chi connectivity index (χ1n) is 10.7. The van der Waals surface area contributed by atoms with Crippen molar-refractivity contribution in [2.45, 2.75) is 55.4 Å². The van der Waals surface area contributed by atoms with Crippen LogP contribution in [-0.2, 0) is 9.59 Å². The van der Waals surface area contributed by atoms with Gasteiger partial charge >= 0.3 is 0 Å². The lowest BCUT2D eigenvalue weighted by atomic mass is 9.72. The summed E-state index contributed by atoms with van der Waals surface area (Å²) in [4.78, 5) is 27.3. The molecule has 0 unspecified atom stereocenters. The molecule has 0 radical (unpaired) electrons. The van der Waals surface area contributed by atoms with Crippen molar-refractivity contribution >= 4 is 35.1 Å². The highest BCUT2D eigenvalue weighted by Crippen LogP contribution is 2.39. The number of carbonyl (C=O) groups excluding carboxylic acids is 2. The van der Waals surface area contributed by atoms with Gasteiger partial charge in [0.15, 0.2) is 11.6 Å². The molecule has 0 amide bonds. The van der Waals surface area contributed by atoms with E-state index in [0.717, 1.165) is 43.2 Å². The van der Waals surface area contributed by atoms with Crippen LogP contribution in [0.2, 0.25) is 0 Å². The van der Waals surface area contributed by atoms with Crippen molar-refractivity contribution in [1.82, 2.24) is 0 Å². The standard InChI is InChI=1S/C28H32O2S/c1-17-11-19(12-18(2)25(17)29)13-21-9-10-22(31-21)14-20-15-23(27(3,4)5)26(30)24(16-20)28(6,7)8/h9-16H,1-8H3. The van der Waals surface area contributed by atoms with E-state index in [2.05, 4.69) is 65.8 Å². The molecule has 0 saturated heterocycles. The predicted octanol–water partition coefficient (Wildman–Crippen LogP) is 7.52. The monoisotopic (exact) mass is 432 g/mol. The SMILES string of the molecule is CC1=CC(=Cc2ccc(C=C3C=C(C(C)(C)C)C(=O)C(C(C)(C)C)=C3)s2)C=C(C)C1=O. The summed E-state index contributed by atoms with van der Waals surface area (Å²) in [5, 5.41) is 0. The van der Waals surface area contributed by atoms with Crippen LogP contribution < -0.4 is 0 Å². The zero-order valence-corrected chi connectivity index (χ0v) is 20.7. The first kappa shape index (κ1) is 23.1. The molecule has 0 saturated carbocycles. The van der Waals surface area contributed by atoms with Crippen LogP contribution in [0.1, 0.15) is 65.1 Å². The number of carbonyl (C=O) groups is 2. The summed E-state index contributed by atoms with van der Waals surface area (Å²) in [5.74, 6) is 0.272. The van der Waals surface area contributed by atoms with Gasteiger partial charge < -0.3 is 0 Å². The number of hydrogen-bond donors (Lipinski definition) is 0. The molecule has 0 spiro atoms. The number of Topliss-reactive ketones (excluding diaryl/α,β-unsaturated/α-hetero) is 2. The Morgan fingerprint density at radius 1 is 0.645 bits per heavy atom. The average molecular weight is 433 g/mol. The molecule has 0 atom stereocenters. The van der Waals surface area contributed by atoms with Gasteiger partial charge in [0.25, 0.3) is 0 Å². The van der Waals surface area contributed by atoms with Gasteiger partial charge in [-0.15, -0.1) is 11.3 Å². The largest absolute Gasteiger partial charge is 0.289 e. The summed E-state index contributed by atoms with van der Waals surface area (Å²) in [6.45, 7) is 16.3. The summed E-state index contributed by atoms with van der Waals surface area (Å²) in [6.07, 6.45) is 12.2. The van der Waals surface area contributed by atoms with Crippen LogP contribution >= 0.6 is 11.3 Å². The van der Waals surface area contributed by atoms with Gasteiger partial charge in [-0.3, -0.25) is 9.59 Å². The van der Waals surface area contributed by atoms with E-state index in [0.29, 0.717) is 0 Å². The minimum Gasteiger partial charge on any atom is -0.289 e. The molecule has 0 bridgehead atoms. The Balaban J connectivity index is 1.98. The summed E-state index contributed by atoms with van der Waals surface area (Å²) < 4.78 is 0. The lowest BCUT2D eigenvalue weighted by Crippen LogP contribution is -2.27. The van der Waals surface area contributed by atoms with E-state index in [1.165, 1.54) is 0 Å². The van der Waals surface area contributed by atoms with Gasteiger partial charge in [-0.1, -0.05) is 41.5 Å². The van der Waals surface area contributed by atoms with Crippen LogP contribution in [0.15, 0.2) is 69.9 Å². The first-order chi connectivity index (χ1) is 14.3. The maximum absolute atomic E-state index is 13.1. The van der Waals surface area contributed by atoms with Crippen LogP contribution in [0.5, 0.6) is 0 Å². The van der Waals surface area contributed by atoms with E-state index in [4.69, 9.17) is 0 Å². The van der Waals surface area contributed by atoms with Crippen molar-refractivity contribution < 1.29 is 9.59 Å². The molecule has 0 fully saturated rings. The van der Waals surface area contributed by atoms with E-state index in [9.17, 15) is 9.59 Å². The normalized spacial score (nSPS) is 17.8. The fourth-order valence-corrected chi connectivity index (χ4v) is 4.70. The van der Waals surface area contributed by atoms with Crippen molar-refractivity contribution in [3.63, 3.8) is 0 Å². The number of ketones is 2. The topological polar surface area (TPSA) is 34.1 Å². The highest BCUT2D eigenvalue weighted by atomic mass is 32.1. The van der Waals surface area contributed by atoms with E-state index >= 15 is 0 Å². The molecule has 3 heteroatoms. The minimum atomic E-state index is -0.210. The zero-order valence-electron chi connectivity index (χ0n) is 19.8. The van der Waals surface area contributed by atoms with Crippen LogP contribution in [-0.4, -0.2) is 11.6 Å². The van der Waals surface area contributed by atoms with Crippen molar-refractivity contribution in [3.8, 4) is 0 Å². The second-order valence-corrected chi connectivity index (χ2v) is 11.6. The summed E-state index contributed by atoms with van der Waals surface area (Å²) in [7, 11) is 0. The van der Waals surface area contributed by atoms with Crippen LogP contribution in [0, 0.1) is 10.8 Å². The second kappa shape index (κ2) is 8.20. The quantitative estimate of drug-likeness (QED) is 0.484. The number of allylic oxidation sites excluding steroid dienone is 10. The third kappa shape index (κ3) is 5.22. The zero-order chi connectivity index (χ0) is 23.1. The number of thiophene rings is 1. The van der Waals surface area contributed by atoms with Crippen molar-refractivity contribution in [3.05, 3.63) is 79.6 Å². The second-order valence-electron chi connectivity index (χ2n) is 10.5. The first-order valence-corrected chi connectivity index (χ1v) is 11.5. The van der Waals surface area contributed by atoms with Crippen LogP contribution in [0.4, 0.5) is 0 Å². The third-order valence-corrected chi connectivity index (χ3v) is 6.45. The molecule has 0 aromatic carbocycles. The lowest BCUT2D eigenvalue weighted by molar-refractivity contribution is -0.114. The molecule has 1 aromatic heterocycles. The minimum absolute atomic E-state index is 0.114. The lowest BCUT2D eigenvalue weighted by Gasteiger charge is -2.31. The average Bonchev–Trinajstić information content (AvgIpc) is 3.05. The molecule has 3 rings (SSSR count). The van der Waals surface area contributed by atoms with E-state index in [1.54, 1.807) is 11.3 Å². The Morgan fingerprint density at radius 3 is 1.42 bits per heavy atom. The van der Waals surface area contributed by atoms with Crippen molar-refractivity contribution in [1.29, 1.82) is 0 Å². The van der Waals surface area contributed by atoms with E-state index in [-0.39, 0.29) is 22.4 Å². The summed E-state index contributed by atoms with van der Waals surface area (Å²) >= 11 is 1.70. The van der Waals surface area contributed by atoms with Crippen LogP contribution in [0.25, 0.3) is 12.2 Å². The van der Waals surface area contributed by atoms with Crippen molar-refractivity contribution in [2.75, 3.05) is 0 Å². The molecule has 0 N–H and O–H groups in total. The van der Waals surface area contributed by atoms with Gasteiger partial charge in [-0.2, -0.15) is 0 Å². The number of hydrogen-bond acceptors (Lipinski definition) is 3. The fourth-order valence-electron chi connectivity index (χ4n) is 3.77. The Kier molecular flexibility index (Phi) is 6.12. The maximum Gasteiger partial charge on any atom is 0.186 e. The molecular weight excluding hydrogens is 400 g/mol. The molecule has 0 aliphatic heterocycles. The number of rotatable bonds is 2. The van der Waals surface area contributed by atoms with Gasteiger partial charge in [-0.05, 0) is 95.6 Å². The molecule has 2 nitrogen and oxygen atoms in total. The molecule has 31 heavy (non-hydrogen) atoms. The highest BCUT2D eigenvalue weighted by Gasteiger charge is 2.33. The Bertz CT molecular complexity index is 1070. The van der Waals surface area contributed by atoms with Gasteiger partial charge in [-0.25, -0.2) is 0 Å². The fraction of sp³-hybridized carbons (Fsp3) is 0.357. The Morgan fingerprint density at radius 2 is 1.03 bits per heavy atom. The molecule has 2 aliphatic rings. The van der Waals surface area contributed by atoms with Crippen molar-refractivity contribution in [2.24, 2.45) is 10.8 Å². The molecule has 162 valence electrons. The van der Waals surface area contributed by atoms with E-state index in [1.807, 2.05) is 38.2 Å². The smallest absolute Gasteiger partial charge is 0.186 e. The van der Waals surface area contributed by atoms with Gasteiger partial charge in [0.1, 0.15) is 0 Å². The van der Waals surface area contributed by atoms with Gasteiger partial charge in [0.2, 0.25) is 0 Å². The predicted molar refractivity (Wildman–Crippen MR) is 133 cm³/mol. The molecule has 1 aromatic rings. The Hall–Kier alpha value is -2.52. The summed E-state index contributed by atoms with van der Waals surface area (Å²) in [6, 6.07) is 4.21. The maximum atomic E-state index is 13.1. The molecular formula is C28H32O2S.